The maximum atomic E-state index is 10.2. The molecule has 6 heteroatoms. The summed E-state index contributed by atoms with van der Waals surface area (Å²) in [6.45, 7) is 3.60. The predicted molar refractivity (Wildman–Crippen MR) is 96.1 cm³/mol. The minimum Gasteiger partial charge on any atom is -0.504 e. The van der Waals surface area contributed by atoms with Gasteiger partial charge in [-0.3, -0.25) is 0 Å². The molecule has 0 saturated carbocycles. The van der Waals surface area contributed by atoms with Crippen LogP contribution in [0, 0.1) is 0 Å². The summed E-state index contributed by atoms with van der Waals surface area (Å²) in [7, 11) is 2.95. The number of phenols is 2. The number of ether oxygens (including phenoxy) is 2. The van der Waals surface area contributed by atoms with Crippen molar-refractivity contribution in [2.24, 2.45) is 0 Å². The number of phenolic OH excluding ortho intramolecular Hbond substituents is 2. The van der Waals surface area contributed by atoms with Gasteiger partial charge < -0.3 is 24.8 Å². The minimum absolute atomic E-state index is 0.0278. The molecule has 0 atom stereocenters. The number of carbonyl (C=O) groups is 1. The van der Waals surface area contributed by atoms with Gasteiger partial charge in [-0.25, -0.2) is 4.79 Å². The minimum atomic E-state index is -1.02. The highest BCUT2D eigenvalue weighted by Gasteiger charge is 2.00. The van der Waals surface area contributed by atoms with E-state index in [0.29, 0.717) is 17.1 Å². The number of aromatic hydroxyl groups is 2. The Morgan fingerprint density at radius 2 is 1.44 bits per heavy atom. The van der Waals surface area contributed by atoms with Crippen molar-refractivity contribution >= 4 is 18.1 Å². The second-order valence-corrected chi connectivity index (χ2v) is 4.74. The first-order chi connectivity index (χ1) is 11.9. The summed E-state index contributed by atoms with van der Waals surface area (Å²) < 4.78 is 9.75. The molecule has 25 heavy (non-hydrogen) atoms. The van der Waals surface area contributed by atoms with Crippen molar-refractivity contribution in [2.75, 3.05) is 14.2 Å². The highest BCUT2D eigenvalue weighted by Crippen LogP contribution is 2.27. The van der Waals surface area contributed by atoms with Crippen LogP contribution in [0.5, 0.6) is 23.0 Å². The van der Waals surface area contributed by atoms with Crippen LogP contribution in [0.3, 0.4) is 0 Å². The van der Waals surface area contributed by atoms with E-state index in [0.717, 1.165) is 11.6 Å². The molecule has 3 N–H and O–H groups in total. The van der Waals surface area contributed by atoms with Gasteiger partial charge in [0, 0.05) is 6.08 Å². The van der Waals surface area contributed by atoms with Crippen molar-refractivity contribution in [3.05, 3.63) is 60.2 Å². The summed E-state index contributed by atoms with van der Waals surface area (Å²) in [6.07, 6.45) is 4.14. The molecule has 0 spiro atoms. The van der Waals surface area contributed by atoms with Gasteiger partial charge in [0.2, 0.25) is 0 Å². The van der Waals surface area contributed by atoms with Crippen molar-refractivity contribution in [1.29, 1.82) is 0 Å². The van der Waals surface area contributed by atoms with Crippen molar-refractivity contribution in [3.63, 3.8) is 0 Å². The monoisotopic (exact) mass is 344 g/mol. The van der Waals surface area contributed by atoms with Gasteiger partial charge in [-0.2, -0.15) is 0 Å². The summed E-state index contributed by atoms with van der Waals surface area (Å²) in [5, 5.41) is 26.8. The fraction of sp³-hybridized carbons (Fsp3) is 0.105. The molecular formula is C19H20O6. The molecule has 6 nitrogen and oxygen atoms in total. The number of aliphatic carboxylic acids is 1. The SMILES string of the molecule is C=Cc1ccc(O)c(OC)c1.COc1cc(C=CC(=O)O)ccc1O. The topological polar surface area (TPSA) is 96.2 Å². The molecule has 0 aromatic heterocycles. The van der Waals surface area contributed by atoms with Gasteiger partial charge >= 0.3 is 5.97 Å². The number of carboxylic acid groups (broad SMARTS) is 1. The van der Waals surface area contributed by atoms with Crippen LogP contribution in [-0.4, -0.2) is 35.5 Å². The summed E-state index contributed by atoms with van der Waals surface area (Å²) in [5.41, 5.74) is 1.58. The molecule has 2 rings (SSSR count). The van der Waals surface area contributed by atoms with E-state index in [4.69, 9.17) is 14.6 Å². The second-order valence-electron chi connectivity index (χ2n) is 4.74. The van der Waals surface area contributed by atoms with Crippen LogP contribution in [-0.2, 0) is 4.79 Å². The van der Waals surface area contributed by atoms with Crippen molar-refractivity contribution in [2.45, 2.75) is 0 Å². The summed E-state index contributed by atoms with van der Waals surface area (Å²) in [5.74, 6) is -0.0462. The van der Waals surface area contributed by atoms with Gasteiger partial charge in [-0.05, 0) is 41.5 Å². The molecule has 0 amide bonds. The lowest BCUT2D eigenvalue weighted by atomic mass is 10.2. The lowest BCUT2D eigenvalue weighted by Crippen LogP contribution is -1.87. The van der Waals surface area contributed by atoms with Crippen molar-refractivity contribution < 1.29 is 29.6 Å². The molecule has 0 aliphatic heterocycles. The molecule has 2 aromatic rings. The molecule has 0 aliphatic rings. The molecule has 0 heterocycles. The van der Waals surface area contributed by atoms with Crippen molar-refractivity contribution in [1.82, 2.24) is 0 Å². The Morgan fingerprint density at radius 3 is 1.88 bits per heavy atom. The second kappa shape index (κ2) is 9.67. The number of benzene rings is 2. The Hall–Kier alpha value is -3.41. The number of carboxylic acids is 1. The Kier molecular flexibility index (Phi) is 7.59. The van der Waals surface area contributed by atoms with E-state index >= 15 is 0 Å². The molecule has 0 fully saturated rings. The third kappa shape index (κ3) is 6.31. The van der Waals surface area contributed by atoms with Crippen LogP contribution in [0.15, 0.2) is 49.1 Å². The zero-order valence-electron chi connectivity index (χ0n) is 14.0. The molecule has 0 aliphatic carbocycles. The maximum Gasteiger partial charge on any atom is 0.328 e. The van der Waals surface area contributed by atoms with E-state index in [2.05, 4.69) is 6.58 Å². The quantitative estimate of drug-likeness (QED) is 0.718. The van der Waals surface area contributed by atoms with E-state index in [9.17, 15) is 15.0 Å². The Bertz CT molecular complexity index is 765. The Balaban J connectivity index is 0.000000257. The highest BCUT2D eigenvalue weighted by molar-refractivity contribution is 5.85. The number of rotatable bonds is 5. The normalized spacial score (nSPS) is 9.84. The Morgan fingerprint density at radius 1 is 0.960 bits per heavy atom. The lowest BCUT2D eigenvalue weighted by Gasteiger charge is -2.03. The summed E-state index contributed by atoms with van der Waals surface area (Å²) in [6, 6.07) is 9.66. The average Bonchev–Trinajstić information content (AvgIpc) is 2.62. The van der Waals surface area contributed by atoms with Crippen molar-refractivity contribution in [3.8, 4) is 23.0 Å². The first kappa shape index (κ1) is 19.6. The first-order valence-electron chi connectivity index (χ1n) is 7.18. The zero-order valence-corrected chi connectivity index (χ0v) is 14.0. The largest absolute Gasteiger partial charge is 0.504 e. The Labute approximate surface area is 145 Å². The highest BCUT2D eigenvalue weighted by atomic mass is 16.5. The average molecular weight is 344 g/mol. The fourth-order valence-corrected chi connectivity index (χ4v) is 1.79. The summed E-state index contributed by atoms with van der Waals surface area (Å²) in [4.78, 5) is 10.2. The fourth-order valence-electron chi connectivity index (χ4n) is 1.79. The van der Waals surface area contributed by atoms with E-state index in [-0.39, 0.29) is 11.5 Å². The van der Waals surface area contributed by atoms with E-state index in [1.165, 1.54) is 26.4 Å². The van der Waals surface area contributed by atoms with Gasteiger partial charge in [-0.1, -0.05) is 24.8 Å². The molecule has 0 unspecified atom stereocenters. The number of methoxy groups -OCH3 is 2. The summed E-state index contributed by atoms with van der Waals surface area (Å²) >= 11 is 0. The molecule has 0 bridgehead atoms. The van der Waals surface area contributed by atoms with E-state index in [1.807, 2.05) is 0 Å². The first-order valence-corrected chi connectivity index (χ1v) is 7.18. The van der Waals surface area contributed by atoms with Gasteiger partial charge in [0.15, 0.2) is 23.0 Å². The number of hydrogen-bond acceptors (Lipinski definition) is 5. The van der Waals surface area contributed by atoms with Gasteiger partial charge in [0.25, 0.3) is 0 Å². The lowest BCUT2D eigenvalue weighted by molar-refractivity contribution is -0.131. The van der Waals surface area contributed by atoms with Gasteiger partial charge in [0.05, 0.1) is 14.2 Å². The molecule has 0 radical (unpaired) electrons. The number of hydrogen-bond donors (Lipinski definition) is 3. The third-order valence-corrected chi connectivity index (χ3v) is 3.06. The van der Waals surface area contributed by atoms with Crippen LogP contribution in [0.2, 0.25) is 0 Å². The molecule has 2 aromatic carbocycles. The molecular weight excluding hydrogens is 324 g/mol. The smallest absolute Gasteiger partial charge is 0.328 e. The van der Waals surface area contributed by atoms with Gasteiger partial charge in [-0.15, -0.1) is 0 Å². The van der Waals surface area contributed by atoms with Crippen LogP contribution < -0.4 is 9.47 Å². The standard InChI is InChI=1S/C10H10O4.C9H10O2/c1-14-9-6-7(2-4-8(9)11)3-5-10(12)13;1-3-7-4-5-8(10)9(6-7)11-2/h2-6,11H,1H3,(H,12,13);3-6,10H,1H2,2H3. The maximum absolute atomic E-state index is 10.2. The predicted octanol–water partition coefficient (Wildman–Crippen LogP) is 3.54. The van der Waals surface area contributed by atoms with Crippen LogP contribution in [0.4, 0.5) is 0 Å². The third-order valence-electron chi connectivity index (χ3n) is 3.06. The van der Waals surface area contributed by atoms with Gasteiger partial charge in [0.1, 0.15) is 0 Å². The van der Waals surface area contributed by atoms with Crippen LogP contribution in [0.1, 0.15) is 11.1 Å². The van der Waals surface area contributed by atoms with E-state index < -0.39 is 5.97 Å². The molecule has 0 saturated heterocycles. The van der Waals surface area contributed by atoms with E-state index in [1.54, 1.807) is 36.4 Å². The molecule has 132 valence electrons. The van der Waals surface area contributed by atoms with Crippen LogP contribution in [0.25, 0.3) is 12.2 Å². The zero-order chi connectivity index (χ0) is 18.8. The van der Waals surface area contributed by atoms with Crippen LogP contribution >= 0.6 is 0 Å².